The molecule has 0 spiro atoms. The summed E-state index contributed by atoms with van der Waals surface area (Å²) in [7, 11) is 0. The van der Waals surface area contributed by atoms with Gasteiger partial charge in [0.15, 0.2) is 6.29 Å². The van der Waals surface area contributed by atoms with Crippen molar-refractivity contribution in [1.82, 2.24) is 0 Å². The molecule has 0 aromatic heterocycles. The Hall–Kier alpha value is -1.13. The largest absolute Gasteiger partial charge is 0.383 e. The summed E-state index contributed by atoms with van der Waals surface area (Å²) in [6.45, 7) is 0.778. The Bertz CT molecular complexity index is 570. The van der Waals surface area contributed by atoms with E-state index >= 15 is 0 Å². The zero-order valence-corrected chi connectivity index (χ0v) is 13.4. The summed E-state index contributed by atoms with van der Waals surface area (Å²) in [5.41, 5.74) is 2.76. The smallest absolute Gasteiger partial charge is 0.152 e. The zero-order chi connectivity index (χ0) is 13.7. The highest BCUT2D eigenvalue weighted by molar-refractivity contribution is 9.13. The Morgan fingerprint density at radius 1 is 1.05 bits per heavy atom. The molecule has 0 bridgehead atoms. The maximum Gasteiger partial charge on any atom is 0.152 e. The lowest BCUT2D eigenvalue weighted by atomic mass is 10.1. The van der Waals surface area contributed by atoms with E-state index in [9.17, 15) is 4.79 Å². The standard InChI is InChI=1S/C15H13Br2NO/c16-13-7-6-12(10-19)15(14(13)17)18-9-8-11-4-2-1-3-5-11/h1-7,10,18H,8-9H2. The van der Waals surface area contributed by atoms with Crippen LogP contribution in [0, 0.1) is 0 Å². The van der Waals surface area contributed by atoms with Gasteiger partial charge in [-0.15, -0.1) is 0 Å². The molecule has 19 heavy (non-hydrogen) atoms. The summed E-state index contributed by atoms with van der Waals surface area (Å²) in [6.07, 6.45) is 1.78. The monoisotopic (exact) mass is 381 g/mol. The van der Waals surface area contributed by atoms with Crippen molar-refractivity contribution in [3.05, 3.63) is 62.5 Å². The lowest BCUT2D eigenvalue weighted by Gasteiger charge is -2.12. The fraction of sp³-hybridized carbons (Fsp3) is 0.133. The van der Waals surface area contributed by atoms with Gasteiger partial charge in [-0.25, -0.2) is 0 Å². The van der Waals surface area contributed by atoms with E-state index in [2.05, 4.69) is 49.3 Å². The highest BCUT2D eigenvalue weighted by atomic mass is 79.9. The fourth-order valence-electron chi connectivity index (χ4n) is 1.82. The molecule has 0 fully saturated rings. The van der Waals surface area contributed by atoms with Gasteiger partial charge in [0.1, 0.15) is 0 Å². The second kappa shape index (κ2) is 6.87. The summed E-state index contributed by atoms with van der Waals surface area (Å²) in [5.74, 6) is 0. The Morgan fingerprint density at radius 3 is 2.47 bits per heavy atom. The van der Waals surface area contributed by atoms with E-state index in [1.54, 1.807) is 6.07 Å². The number of nitrogens with one attached hydrogen (secondary N) is 1. The van der Waals surface area contributed by atoms with Gasteiger partial charge in [-0.05, 0) is 56.0 Å². The van der Waals surface area contributed by atoms with E-state index in [0.29, 0.717) is 5.56 Å². The van der Waals surface area contributed by atoms with E-state index in [4.69, 9.17) is 0 Å². The number of hydrogen-bond donors (Lipinski definition) is 1. The van der Waals surface area contributed by atoms with E-state index in [0.717, 1.165) is 33.9 Å². The molecule has 98 valence electrons. The number of carbonyl (C=O) groups excluding carboxylic acids is 1. The van der Waals surface area contributed by atoms with Gasteiger partial charge < -0.3 is 5.32 Å². The average Bonchev–Trinajstić information content (AvgIpc) is 2.45. The number of halogens is 2. The van der Waals surface area contributed by atoms with Crippen molar-refractivity contribution in [2.75, 3.05) is 11.9 Å². The van der Waals surface area contributed by atoms with E-state index in [1.807, 2.05) is 24.3 Å². The third-order valence-corrected chi connectivity index (χ3v) is 4.83. The molecule has 0 saturated carbocycles. The molecule has 2 rings (SSSR count). The molecule has 0 atom stereocenters. The number of benzene rings is 2. The van der Waals surface area contributed by atoms with Crippen LogP contribution in [0.2, 0.25) is 0 Å². The van der Waals surface area contributed by atoms with E-state index in [1.165, 1.54) is 5.56 Å². The van der Waals surface area contributed by atoms with Crippen molar-refractivity contribution in [3.63, 3.8) is 0 Å². The van der Waals surface area contributed by atoms with Crippen LogP contribution in [0.25, 0.3) is 0 Å². The molecule has 2 nitrogen and oxygen atoms in total. The van der Waals surface area contributed by atoms with Crippen molar-refractivity contribution in [3.8, 4) is 0 Å². The molecule has 1 N–H and O–H groups in total. The molecule has 0 amide bonds. The van der Waals surface area contributed by atoms with Crippen LogP contribution in [0.4, 0.5) is 5.69 Å². The molecular weight excluding hydrogens is 370 g/mol. The normalized spacial score (nSPS) is 10.2. The van der Waals surface area contributed by atoms with Crippen molar-refractivity contribution >= 4 is 43.8 Å². The molecule has 0 aliphatic carbocycles. The molecule has 0 aliphatic heterocycles. The second-order valence-corrected chi connectivity index (χ2v) is 5.75. The van der Waals surface area contributed by atoms with Gasteiger partial charge in [-0.3, -0.25) is 4.79 Å². The second-order valence-electron chi connectivity index (χ2n) is 4.11. The van der Waals surface area contributed by atoms with Crippen molar-refractivity contribution in [2.45, 2.75) is 6.42 Å². The van der Waals surface area contributed by atoms with Crippen LogP contribution >= 0.6 is 31.9 Å². The number of rotatable bonds is 5. The highest BCUT2D eigenvalue weighted by Crippen LogP contribution is 2.33. The SMILES string of the molecule is O=Cc1ccc(Br)c(Br)c1NCCc1ccccc1. The van der Waals surface area contributed by atoms with Gasteiger partial charge in [-0.2, -0.15) is 0 Å². The Balaban J connectivity index is 2.07. The Labute approximate surface area is 129 Å². The third kappa shape index (κ3) is 3.67. The van der Waals surface area contributed by atoms with Gasteiger partial charge in [0, 0.05) is 16.6 Å². The number of anilines is 1. The number of carbonyl (C=O) groups is 1. The quantitative estimate of drug-likeness (QED) is 0.760. The molecule has 0 radical (unpaired) electrons. The molecular formula is C15H13Br2NO. The third-order valence-electron chi connectivity index (χ3n) is 2.81. The van der Waals surface area contributed by atoms with E-state index in [-0.39, 0.29) is 0 Å². The van der Waals surface area contributed by atoms with Crippen molar-refractivity contribution in [1.29, 1.82) is 0 Å². The minimum Gasteiger partial charge on any atom is -0.383 e. The number of aldehydes is 1. The summed E-state index contributed by atoms with van der Waals surface area (Å²) in [5, 5.41) is 3.31. The predicted octanol–water partition coefficient (Wildman–Crippen LogP) is 4.68. The van der Waals surface area contributed by atoms with Crippen LogP contribution in [0.15, 0.2) is 51.4 Å². The Kier molecular flexibility index (Phi) is 5.16. The number of hydrogen-bond acceptors (Lipinski definition) is 2. The average molecular weight is 383 g/mol. The van der Waals surface area contributed by atoms with Crippen molar-refractivity contribution < 1.29 is 4.79 Å². The van der Waals surface area contributed by atoms with Gasteiger partial charge in [0.25, 0.3) is 0 Å². The van der Waals surface area contributed by atoms with Gasteiger partial charge in [0.05, 0.1) is 10.2 Å². The minimum absolute atomic E-state index is 0.656. The maximum atomic E-state index is 11.0. The lowest BCUT2D eigenvalue weighted by Crippen LogP contribution is -2.07. The summed E-state index contributed by atoms with van der Waals surface area (Å²) in [4.78, 5) is 11.0. The van der Waals surface area contributed by atoms with Crippen LogP contribution in [-0.2, 0) is 6.42 Å². The van der Waals surface area contributed by atoms with E-state index < -0.39 is 0 Å². The molecule has 2 aromatic carbocycles. The molecule has 0 aliphatic rings. The topological polar surface area (TPSA) is 29.1 Å². The van der Waals surface area contributed by atoms with Gasteiger partial charge in [0.2, 0.25) is 0 Å². The summed E-state index contributed by atoms with van der Waals surface area (Å²) >= 11 is 6.93. The van der Waals surface area contributed by atoms with Crippen LogP contribution in [0.3, 0.4) is 0 Å². The predicted molar refractivity (Wildman–Crippen MR) is 85.9 cm³/mol. The Morgan fingerprint density at radius 2 is 1.79 bits per heavy atom. The van der Waals surface area contributed by atoms with Crippen LogP contribution in [-0.4, -0.2) is 12.8 Å². The van der Waals surface area contributed by atoms with Gasteiger partial charge in [-0.1, -0.05) is 30.3 Å². The molecule has 4 heteroatoms. The van der Waals surface area contributed by atoms with Crippen LogP contribution < -0.4 is 5.32 Å². The molecule has 0 heterocycles. The minimum atomic E-state index is 0.656. The maximum absolute atomic E-state index is 11.0. The first-order valence-electron chi connectivity index (χ1n) is 5.93. The fourth-order valence-corrected chi connectivity index (χ4v) is 2.65. The first-order chi connectivity index (χ1) is 9.22. The summed E-state index contributed by atoms with van der Waals surface area (Å²) < 4.78 is 1.81. The zero-order valence-electron chi connectivity index (χ0n) is 10.2. The van der Waals surface area contributed by atoms with Crippen LogP contribution in [0.1, 0.15) is 15.9 Å². The molecule has 2 aromatic rings. The first-order valence-corrected chi connectivity index (χ1v) is 7.52. The lowest BCUT2D eigenvalue weighted by molar-refractivity contribution is 0.112. The van der Waals surface area contributed by atoms with Crippen LogP contribution in [0.5, 0.6) is 0 Å². The molecule has 0 saturated heterocycles. The highest BCUT2D eigenvalue weighted by Gasteiger charge is 2.09. The van der Waals surface area contributed by atoms with Crippen molar-refractivity contribution in [2.24, 2.45) is 0 Å². The molecule has 0 unspecified atom stereocenters. The summed E-state index contributed by atoms with van der Waals surface area (Å²) in [6, 6.07) is 13.9. The van der Waals surface area contributed by atoms with Gasteiger partial charge >= 0.3 is 0 Å². The first kappa shape index (κ1) is 14.3.